The number of hydrogen-bond donors (Lipinski definition) is 5. The summed E-state index contributed by atoms with van der Waals surface area (Å²) >= 11 is 1.34. The zero-order chi connectivity index (χ0) is 51.8. The standard InChI is InChI=1S/C43H59N6O17PS4/c1-26-17-32-40(65-69(55)56)45-30-21-36(34(61-4)19-28(30)42(52)48(32)23-26)63-9-11-67(54,25-47(3)39(51)7-6-13-68-14-16-71(59,60)15-8-38(44)50)12-10-64-37-22-31-29(20-35(37)62-5)43(53)49-24-27(2)18-33(49)41(46-31)66-70(57)58/h19-22,32-33,40-41,45-46,69-70H,1-2,6-18,23-25H2,3-5H3,(H2,44,50)/t32-,33+,40?,41?,67?. The maximum absolute atomic E-state index is 15.0. The van der Waals surface area contributed by atoms with Gasteiger partial charge in [0.25, 0.3) is 33.8 Å². The summed E-state index contributed by atoms with van der Waals surface area (Å²) in [6.45, 7) is 7.93. The van der Waals surface area contributed by atoms with Gasteiger partial charge in [0.2, 0.25) is 11.8 Å². The van der Waals surface area contributed by atoms with Crippen LogP contribution in [0, 0.1) is 0 Å². The summed E-state index contributed by atoms with van der Waals surface area (Å²) in [5, 5.41) is 6.03. The summed E-state index contributed by atoms with van der Waals surface area (Å²) in [6, 6.07) is 4.47. The van der Waals surface area contributed by atoms with Crippen LogP contribution in [0.15, 0.2) is 48.6 Å². The molecule has 5 atom stereocenters. The second-order valence-electron chi connectivity index (χ2n) is 17.3. The number of nitrogens with zero attached hydrogens (tertiary/aromatic N) is 3. The molecule has 3 unspecified atom stereocenters. The van der Waals surface area contributed by atoms with E-state index in [1.165, 1.54) is 72.0 Å². The van der Waals surface area contributed by atoms with Crippen molar-refractivity contribution in [1.29, 1.82) is 0 Å². The zero-order valence-electron chi connectivity index (χ0n) is 39.4. The highest BCUT2D eigenvalue weighted by molar-refractivity contribution is 8.00. The molecule has 0 aromatic heterocycles. The molecule has 4 aliphatic heterocycles. The summed E-state index contributed by atoms with van der Waals surface area (Å²) < 4.78 is 120. The first-order chi connectivity index (χ1) is 33.6. The van der Waals surface area contributed by atoms with Gasteiger partial charge in [0.1, 0.15) is 7.14 Å². The van der Waals surface area contributed by atoms with Crippen LogP contribution in [-0.2, 0) is 54.3 Å². The summed E-state index contributed by atoms with van der Waals surface area (Å²) in [6.07, 6.45) is -1.90. The third-order valence-corrected chi connectivity index (χ3v) is 18.9. The van der Waals surface area contributed by atoms with E-state index in [0.717, 1.165) is 11.1 Å². The Labute approximate surface area is 419 Å². The number of ether oxygens (including phenoxy) is 4. The predicted octanol–water partition coefficient (Wildman–Crippen LogP) is 1.87. The van der Waals surface area contributed by atoms with E-state index in [9.17, 15) is 44.4 Å². The minimum absolute atomic E-state index is 0.0659. The Morgan fingerprint density at radius 2 is 1.27 bits per heavy atom. The summed E-state index contributed by atoms with van der Waals surface area (Å²) in [7, 11) is -9.33. The third-order valence-electron chi connectivity index (χ3n) is 12.2. The molecule has 28 heteroatoms. The van der Waals surface area contributed by atoms with Gasteiger partial charge in [0.15, 0.2) is 45.3 Å². The lowest BCUT2D eigenvalue weighted by Gasteiger charge is -2.26. The van der Waals surface area contributed by atoms with Crippen LogP contribution in [0.4, 0.5) is 11.4 Å². The quantitative estimate of drug-likeness (QED) is 0.0389. The van der Waals surface area contributed by atoms with Crippen molar-refractivity contribution in [2.75, 3.05) is 99.8 Å². The molecular weight excluding hydrogens is 1030 g/mol. The smallest absolute Gasteiger partial charge is 0.259 e. The molecule has 4 heterocycles. The van der Waals surface area contributed by atoms with Gasteiger partial charge in [-0.25, -0.2) is 33.6 Å². The second kappa shape index (κ2) is 24.1. The van der Waals surface area contributed by atoms with Crippen molar-refractivity contribution in [1.82, 2.24) is 14.7 Å². The molecule has 0 bridgehead atoms. The van der Waals surface area contributed by atoms with Crippen LogP contribution in [0.2, 0.25) is 0 Å². The molecule has 6 rings (SSSR count). The highest BCUT2D eigenvalue weighted by Crippen LogP contribution is 2.47. The topological polar surface area (TPSA) is 303 Å². The van der Waals surface area contributed by atoms with Crippen LogP contribution >= 0.6 is 18.9 Å². The van der Waals surface area contributed by atoms with E-state index in [1.807, 2.05) is 0 Å². The molecular formula is C43H59N6O17PS4. The number of sulfone groups is 1. The first-order valence-electron chi connectivity index (χ1n) is 22.3. The van der Waals surface area contributed by atoms with E-state index in [1.54, 1.807) is 0 Å². The Morgan fingerprint density at radius 1 is 0.789 bits per heavy atom. The third kappa shape index (κ3) is 14.3. The largest absolute Gasteiger partial charge is 0.493 e. The maximum Gasteiger partial charge on any atom is 0.259 e. The lowest BCUT2D eigenvalue weighted by Crippen LogP contribution is -2.44. The molecule has 0 saturated carbocycles. The summed E-state index contributed by atoms with van der Waals surface area (Å²) in [5.74, 6) is -1.07. The van der Waals surface area contributed by atoms with Gasteiger partial charge in [-0.2, -0.15) is 11.8 Å². The van der Waals surface area contributed by atoms with Gasteiger partial charge >= 0.3 is 0 Å². The molecule has 4 N–H and O–H groups in total. The SMILES string of the molecule is C=C1C[C@@H]2C(O[SH](=O)=O)Nc3cc(OCCP(=O)(CCOc4cc5c(cc4OC)C(=O)N4CC(=C)C[C@H]4C(O[SH](=O)=O)N5)CN(C)C(=O)CCCSCCS(=O)(=O)CCC(N)=O)c(OC)cc3C(=O)N2C1. The number of fused-ring (bicyclic) bond motifs is 4. The van der Waals surface area contributed by atoms with Gasteiger partial charge in [0.05, 0.1) is 79.8 Å². The van der Waals surface area contributed by atoms with E-state index in [0.29, 0.717) is 25.0 Å². The number of carbonyl (C=O) groups is 4. The number of benzene rings is 2. The van der Waals surface area contributed by atoms with Crippen molar-refractivity contribution in [2.24, 2.45) is 5.73 Å². The molecule has 23 nitrogen and oxygen atoms in total. The molecule has 0 radical (unpaired) electrons. The number of hydrogen-bond acceptors (Lipinski definition) is 20. The molecule has 0 aliphatic carbocycles. The van der Waals surface area contributed by atoms with E-state index in [2.05, 4.69) is 23.8 Å². The number of anilines is 2. The fourth-order valence-corrected chi connectivity index (χ4v) is 14.4. The molecule has 392 valence electrons. The van der Waals surface area contributed by atoms with E-state index in [-0.39, 0.29) is 126 Å². The second-order valence-corrected chi connectivity index (χ2v) is 25.5. The number of nitrogens with two attached hydrogens (primary N) is 1. The molecule has 71 heavy (non-hydrogen) atoms. The zero-order valence-corrected chi connectivity index (χ0v) is 43.7. The molecule has 4 aliphatic rings. The molecule has 4 amide bonds. The van der Waals surface area contributed by atoms with E-state index >= 15 is 4.57 Å². The lowest BCUT2D eigenvalue weighted by atomic mass is 10.1. The highest BCUT2D eigenvalue weighted by atomic mass is 32.2. The monoisotopic (exact) mass is 1090 g/mol. The van der Waals surface area contributed by atoms with Crippen molar-refractivity contribution in [2.45, 2.75) is 56.6 Å². The Hall–Kier alpha value is -5.05. The van der Waals surface area contributed by atoms with Gasteiger partial charge in [-0.15, -0.1) is 0 Å². The van der Waals surface area contributed by atoms with Gasteiger partial charge < -0.3 is 54.6 Å². The van der Waals surface area contributed by atoms with Gasteiger partial charge in [-0.05, 0) is 37.1 Å². The average Bonchev–Trinajstić information content (AvgIpc) is 3.85. The average molecular weight is 1090 g/mol. The summed E-state index contributed by atoms with van der Waals surface area (Å²) in [5.41, 5.74) is 7.24. The van der Waals surface area contributed by atoms with Crippen LogP contribution in [0.25, 0.3) is 0 Å². The number of rotatable bonds is 26. The van der Waals surface area contributed by atoms with Crippen LogP contribution in [0.1, 0.15) is 52.8 Å². The van der Waals surface area contributed by atoms with E-state index < -0.39 is 81.2 Å². The fraction of sp³-hybridized carbons (Fsp3) is 0.535. The van der Waals surface area contributed by atoms with Crippen LogP contribution < -0.4 is 35.3 Å². The minimum atomic E-state index is -3.48. The lowest BCUT2D eigenvalue weighted by molar-refractivity contribution is -0.129. The van der Waals surface area contributed by atoms with E-state index in [4.69, 9.17) is 33.0 Å². The van der Waals surface area contributed by atoms with Crippen molar-refractivity contribution in [3.8, 4) is 23.0 Å². The van der Waals surface area contributed by atoms with Gasteiger partial charge in [-0.1, -0.05) is 24.3 Å². The Kier molecular flexibility index (Phi) is 18.8. The first kappa shape index (κ1) is 55.3. The van der Waals surface area contributed by atoms with Crippen LogP contribution in [0.3, 0.4) is 0 Å². The fourth-order valence-electron chi connectivity index (χ4n) is 8.61. The number of nitrogens with one attached hydrogen (secondary N) is 2. The maximum atomic E-state index is 15.0. The molecule has 2 fully saturated rings. The van der Waals surface area contributed by atoms with Crippen LogP contribution in [-0.4, -0.2) is 177 Å². The number of thiol groups is 2. The number of primary amides is 1. The van der Waals surface area contributed by atoms with Gasteiger partial charge in [0, 0.05) is 63.2 Å². The number of carbonyl (C=O) groups excluding carboxylic acids is 4. The Balaban J connectivity index is 1.18. The van der Waals surface area contributed by atoms with Crippen molar-refractivity contribution >= 4 is 85.7 Å². The molecule has 2 aromatic carbocycles. The van der Waals surface area contributed by atoms with Crippen molar-refractivity contribution in [3.63, 3.8) is 0 Å². The minimum Gasteiger partial charge on any atom is -0.493 e. The molecule has 2 saturated heterocycles. The van der Waals surface area contributed by atoms with Crippen molar-refractivity contribution < 1.29 is 76.3 Å². The molecule has 2 aromatic rings. The number of amides is 4. The number of methoxy groups -OCH3 is 2. The summed E-state index contributed by atoms with van der Waals surface area (Å²) in [4.78, 5) is 56.3. The van der Waals surface area contributed by atoms with Gasteiger partial charge in [-0.3, -0.25) is 19.2 Å². The normalized spacial score (nSPS) is 20.5. The molecule has 0 spiro atoms. The van der Waals surface area contributed by atoms with Crippen LogP contribution in [0.5, 0.6) is 23.0 Å². The Morgan fingerprint density at radius 3 is 1.70 bits per heavy atom. The first-order valence-corrected chi connectivity index (χ1v) is 29.7. The highest BCUT2D eigenvalue weighted by Gasteiger charge is 2.44. The number of thioether (sulfide) groups is 1. The predicted molar refractivity (Wildman–Crippen MR) is 266 cm³/mol. The Bertz CT molecular complexity index is 2580. The van der Waals surface area contributed by atoms with Crippen molar-refractivity contribution in [3.05, 3.63) is 59.7 Å².